The summed E-state index contributed by atoms with van der Waals surface area (Å²) in [7, 11) is 0. The van der Waals surface area contributed by atoms with Crippen LogP contribution in [0.4, 0.5) is 10.8 Å². The van der Waals surface area contributed by atoms with Gasteiger partial charge in [0.2, 0.25) is 10.8 Å². The van der Waals surface area contributed by atoms with E-state index in [0.29, 0.717) is 5.01 Å². The van der Waals surface area contributed by atoms with Gasteiger partial charge in [-0.1, -0.05) is 29.0 Å². The van der Waals surface area contributed by atoms with Crippen LogP contribution in [0.5, 0.6) is 0 Å². The number of hydrogen-bond acceptors (Lipinski definition) is 8. The van der Waals surface area contributed by atoms with Crippen molar-refractivity contribution in [2.75, 3.05) is 17.8 Å². The lowest BCUT2D eigenvalue weighted by molar-refractivity contribution is -0.134. The van der Waals surface area contributed by atoms with Gasteiger partial charge < -0.3 is 10.5 Å². The van der Waals surface area contributed by atoms with Crippen LogP contribution >= 0.6 is 11.3 Å². The molecule has 7 nitrogen and oxygen atoms in total. The van der Waals surface area contributed by atoms with Gasteiger partial charge in [-0.15, -0.1) is 10.2 Å². The number of rotatable bonds is 5. The summed E-state index contributed by atoms with van der Waals surface area (Å²) >= 11 is 1.07. The highest BCUT2D eigenvalue weighted by Crippen LogP contribution is 2.14. The van der Waals surface area contributed by atoms with Crippen molar-refractivity contribution in [1.29, 1.82) is 0 Å². The Hall–Kier alpha value is -2.48. The predicted octanol–water partition coefficient (Wildman–Crippen LogP) is 1.81. The van der Waals surface area contributed by atoms with Crippen LogP contribution in [-0.2, 0) is 9.53 Å². The van der Waals surface area contributed by atoms with Crippen LogP contribution in [0.2, 0.25) is 0 Å². The number of aromatic nitrogens is 2. The number of nitrogens with one attached hydrogen (secondary N) is 1. The summed E-state index contributed by atoms with van der Waals surface area (Å²) in [6.07, 6.45) is 0. The first-order valence-electron chi connectivity index (χ1n) is 6.27. The van der Waals surface area contributed by atoms with E-state index in [4.69, 9.17) is 10.5 Å². The van der Waals surface area contributed by atoms with E-state index in [0.717, 1.165) is 22.6 Å². The number of carbonyl (C=O) groups is 1. The van der Waals surface area contributed by atoms with Gasteiger partial charge in [0.25, 0.3) is 0 Å². The van der Waals surface area contributed by atoms with E-state index < -0.39 is 5.97 Å². The molecule has 0 fully saturated rings. The predicted molar refractivity (Wildman–Crippen MR) is 82.3 cm³/mol. The second kappa shape index (κ2) is 6.80. The average Bonchev–Trinajstić information content (AvgIpc) is 2.88. The average molecular weight is 305 g/mol. The number of hydrogen-bond donors (Lipinski definition) is 2. The number of nitrogen functional groups attached to an aromatic ring is 1. The van der Waals surface area contributed by atoms with E-state index in [9.17, 15) is 4.79 Å². The second-order valence-electron chi connectivity index (χ2n) is 4.10. The zero-order valence-electron chi connectivity index (χ0n) is 11.7. The Morgan fingerprint density at radius 2 is 2.10 bits per heavy atom. The van der Waals surface area contributed by atoms with Gasteiger partial charge >= 0.3 is 5.97 Å². The molecule has 3 N–H and O–H groups in total. The van der Waals surface area contributed by atoms with Gasteiger partial charge in [-0.25, -0.2) is 4.79 Å². The molecule has 0 saturated carbocycles. The molecule has 1 heterocycles. The molecule has 0 spiro atoms. The largest absolute Gasteiger partial charge is 0.461 e. The minimum absolute atomic E-state index is 0.0478. The third-order valence-corrected chi connectivity index (χ3v) is 3.22. The first kappa shape index (κ1) is 14.9. The van der Waals surface area contributed by atoms with Crippen molar-refractivity contribution in [3.8, 4) is 0 Å². The van der Waals surface area contributed by atoms with Gasteiger partial charge in [0.1, 0.15) is 0 Å². The van der Waals surface area contributed by atoms with Gasteiger partial charge in [-0.05, 0) is 26.0 Å². The maximum absolute atomic E-state index is 11.9. The Morgan fingerprint density at radius 1 is 1.38 bits per heavy atom. The van der Waals surface area contributed by atoms with Gasteiger partial charge in [0.15, 0.2) is 5.01 Å². The normalized spacial score (nSPS) is 11.2. The highest BCUT2D eigenvalue weighted by molar-refractivity contribution is 7.17. The van der Waals surface area contributed by atoms with Crippen molar-refractivity contribution in [2.45, 2.75) is 13.8 Å². The number of nitrogens with zero attached hydrogens (tertiary/aromatic N) is 3. The number of esters is 1. The fourth-order valence-corrected chi connectivity index (χ4v) is 2.05. The summed E-state index contributed by atoms with van der Waals surface area (Å²) in [6, 6.07) is 7.59. The van der Waals surface area contributed by atoms with Gasteiger partial charge in [0, 0.05) is 0 Å². The maximum atomic E-state index is 11.9. The van der Waals surface area contributed by atoms with Crippen LogP contribution in [0.25, 0.3) is 0 Å². The van der Waals surface area contributed by atoms with E-state index >= 15 is 0 Å². The molecule has 0 bridgehead atoms. The molecule has 0 saturated heterocycles. The van der Waals surface area contributed by atoms with Gasteiger partial charge in [-0.2, -0.15) is 5.10 Å². The standard InChI is InChI=1S/C13H15N5O2S/c1-3-20-12(19)10(11-17-18-13(14)21-11)16-15-9-6-4-8(2)5-7-9/h4-7,15H,3H2,1-2H3,(H2,14,18)/b16-10-. The lowest BCUT2D eigenvalue weighted by atomic mass is 10.2. The number of carbonyl (C=O) groups excluding carboxylic acids is 1. The Morgan fingerprint density at radius 3 is 2.67 bits per heavy atom. The molecule has 21 heavy (non-hydrogen) atoms. The van der Waals surface area contributed by atoms with Gasteiger partial charge in [0.05, 0.1) is 12.3 Å². The maximum Gasteiger partial charge on any atom is 0.362 e. The molecule has 0 aliphatic carbocycles. The fraction of sp³-hybridized carbons (Fsp3) is 0.231. The van der Waals surface area contributed by atoms with Crippen LogP contribution in [0.3, 0.4) is 0 Å². The third-order valence-electron chi connectivity index (χ3n) is 2.46. The first-order chi connectivity index (χ1) is 10.1. The molecule has 0 aliphatic heterocycles. The molecule has 8 heteroatoms. The van der Waals surface area contributed by atoms with Crippen LogP contribution in [0.15, 0.2) is 29.4 Å². The molecule has 0 radical (unpaired) electrons. The lowest BCUT2D eigenvalue weighted by Gasteiger charge is -2.05. The van der Waals surface area contributed by atoms with E-state index in [1.807, 2.05) is 31.2 Å². The molecule has 0 unspecified atom stereocenters. The highest BCUT2D eigenvalue weighted by atomic mass is 32.1. The Balaban J connectivity index is 2.24. The van der Waals surface area contributed by atoms with Crippen molar-refractivity contribution in [3.05, 3.63) is 34.8 Å². The molecule has 2 rings (SSSR count). The quantitative estimate of drug-likeness (QED) is 0.496. The SMILES string of the molecule is CCOC(=O)/C(=N\Nc1ccc(C)cc1)c1nnc(N)s1. The molecule has 1 aromatic heterocycles. The molecule has 2 aromatic rings. The summed E-state index contributed by atoms with van der Waals surface area (Å²) in [5.41, 5.74) is 10.3. The van der Waals surface area contributed by atoms with Crippen molar-refractivity contribution in [2.24, 2.45) is 5.10 Å². The van der Waals surface area contributed by atoms with E-state index in [2.05, 4.69) is 20.7 Å². The Labute approximate surface area is 125 Å². The molecular formula is C13H15N5O2S. The smallest absolute Gasteiger partial charge is 0.362 e. The number of hydrazone groups is 1. The van der Waals surface area contributed by atoms with E-state index in [1.54, 1.807) is 6.92 Å². The monoisotopic (exact) mass is 305 g/mol. The summed E-state index contributed by atoms with van der Waals surface area (Å²) in [5, 5.41) is 12.1. The first-order valence-corrected chi connectivity index (χ1v) is 7.08. The highest BCUT2D eigenvalue weighted by Gasteiger charge is 2.20. The molecule has 0 amide bonds. The van der Waals surface area contributed by atoms with Crippen molar-refractivity contribution in [1.82, 2.24) is 10.2 Å². The number of anilines is 2. The topological polar surface area (TPSA) is 102 Å². The minimum Gasteiger partial charge on any atom is -0.461 e. The fourth-order valence-electron chi connectivity index (χ4n) is 1.46. The van der Waals surface area contributed by atoms with Crippen molar-refractivity contribution >= 4 is 33.8 Å². The molecule has 0 atom stereocenters. The summed E-state index contributed by atoms with van der Waals surface area (Å²) in [4.78, 5) is 11.9. The number of benzene rings is 1. The van der Waals surface area contributed by atoms with Crippen molar-refractivity contribution in [3.63, 3.8) is 0 Å². The lowest BCUT2D eigenvalue weighted by Crippen LogP contribution is -2.20. The zero-order chi connectivity index (χ0) is 15.2. The van der Waals surface area contributed by atoms with Crippen LogP contribution in [-0.4, -0.2) is 28.5 Å². The van der Waals surface area contributed by atoms with E-state index in [-0.39, 0.29) is 17.5 Å². The number of nitrogens with two attached hydrogens (primary N) is 1. The van der Waals surface area contributed by atoms with Gasteiger partial charge in [-0.3, -0.25) is 5.43 Å². The third kappa shape index (κ3) is 3.99. The molecule has 110 valence electrons. The number of aryl methyl sites for hydroxylation is 1. The Kier molecular flexibility index (Phi) is 4.83. The minimum atomic E-state index is -0.576. The van der Waals surface area contributed by atoms with Crippen LogP contribution in [0, 0.1) is 6.92 Å². The van der Waals surface area contributed by atoms with Crippen LogP contribution < -0.4 is 11.2 Å². The molecule has 1 aromatic carbocycles. The van der Waals surface area contributed by atoms with E-state index in [1.165, 1.54) is 0 Å². The summed E-state index contributed by atoms with van der Waals surface area (Å²) < 4.78 is 4.96. The Bertz CT molecular complexity index is 651. The van der Waals surface area contributed by atoms with Crippen LogP contribution in [0.1, 0.15) is 17.5 Å². The number of ether oxygens (including phenoxy) is 1. The summed E-state index contributed by atoms with van der Waals surface area (Å²) in [6.45, 7) is 3.95. The molecular weight excluding hydrogens is 290 g/mol. The second-order valence-corrected chi connectivity index (χ2v) is 5.11. The molecule has 0 aliphatic rings. The van der Waals surface area contributed by atoms with Crippen molar-refractivity contribution < 1.29 is 9.53 Å². The zero-order valence-corrected chi connectivity index (χ0v) is 12.5. The summed E-state index contributed by atoms with van der Waals surface area (Å²) in [5.74, 6) is -0.576.